The van der Waals surface area contributed by atoms with Gasteiger partial charge in [0.25, 0.3) is 5.22 Å². The van der Waals surface area contributed by atoms with Gasteiger partial charge in [-0.1, -0.05) is 23.9 Å². The lowest BCUT2D eigenvalue weighted by molar-refractivity contribution is -0.113. The van der Waals surface area contributed by atoms with Crippen molar-refractivity contribution in [3.8, 4) is 11.5 Å². The number of carbonyl (C=O) groups excluding carboxylic acids is 1. The minimum absolute atomic E-state index is 0.116. The molecule has 6 nitrogen and oxygen atoms in total. The highest BCUT2D eigenvalue weighted by Crippen LogP contribution is 2.23. The summed E-state index contributed by atoms with van der Waals surface area (Å²) in [7, 11) is 0. The molecule has 0 aliphatic heterocycles. The molecule has 0 bridgehead atoms. The zero-order chi connectivity index (χ0) is 16.9. The maximum Gasteiger partial charge on any atom is 0.277 e. The summed E-state index contributed by atoms with van der Waals surface area (Å²) in [6.45, 7) is 3.95. The van der Waals surface area contributed by atoms with Gasteiger partial charge in [0, 0.05) is 18.1 Å². The highest BCUT2D eigenvalue weighted by molar-refractivity contribution is 7.99. The molecule has 0 saturated carbocycles. The van der Waals surface area contributed by atoms with Gasteiger partial charge in [-0.3, -0.25) is 9.78 Å². The van der Waals surface area contributed by atoms with Crippen LogP contribution in [0.4, 0.5) is 5.69 Å². The normalized spacial score (nSPS) is 10.6. The van der Waals surface area contributed by atoms with Gasteiger partial charge in [0.15, 0.2) is 0 Å². The van der Waals surface area contributed by atoms with Gasteiger partial charge in [-0.2, -0.15) is 0 Å². The highest BCUT2D eigenvalue weighted by atomic mass is 32.2. The fourth-order valence-electron chi connectivity index (χ4n) is 2.06. The van der Waals surface area contributed by atoms with E-state index in [1.165, 1.54) is 11.8 Å². The first kappa shape index (κ1) is 16.2. The second-order valence-electron chi connectivity index (χ2n) is 5.27. The molecule has 3 rings (SSSR count). The SMILES string of the molecule is Cc1ccc(C)c(NC(=O)CSc2nnc(-c3cccnc3)o2)c1. The van der Waals surface area contributed by atoms with Gasteiger partial charge in [-0.25, -0.2) is 0 Å². The standard InChI is InChI=1S/C17H16N4O2S/c1-11-5-6-12(2)14(8-11)19-15(22)10-24-17-21-20-16(23-17)13-4-3-7-18-9-13/h3-9H,10H2,1-2H3,(H,19,22). The maximum absolute atomic E-state index is 12.1. The number of aromatic nitrogens is 3. The lowest BCUT2D eigenvalue weighted by Gasteiger charge is -2.08. The van der Waals surface area contributed by atoms with Gasteiger partial charge in [0.1, 0.15) is 0 Å². The summed E-state index contributed by atoms with van der Waals surface area (Å²) in [5.74, 6) is 0.470. The largest absolute Gasteiger partial charge is 0.411 e. The van der Waals surface area contributed by atoms with Crippen LogP contribution in [0.2, 0.25) is 0 Å². The van der Waals surface area contributed by atoms with Crippen molar-refractivity contribution in [1.82, 2.24) is 15.2 Å². The number of nitrogens with one attached hydrogen (secondary N) is 1. The number of carbonyl (C=O) groups is 1. The first-order chi connectivity index (χ1) is 11.6. The average molecular weight is 340 g/mol. The maximum atomic E-state index is 12.1. The Hall–Kier alpha value is -2.67. The molecule has 122 valence electrons. The number of nitrogens with zero attached hydrogens (tertiary/aromatic N) is 3. The highest BCUT2D eigenvalue weighted by Gasteiger charge is 2.12. The van der Waals surface area contributed by atoms with E-state index in [0.29, 0.717) is 11.1 Å². The predicted octanol–water partition coefficient (Wildman–Crippen LogP) is 3.48. The third-order valence-electron chi connectivity index (χ3n) is 3.31. The van der Waals surface area contributed by atoms with Gasteiger partial charge in [0.2, 0.25) is 11.8 Å². The molecule has 0 spiro atoms. The lowest BCUT2D eigenvalue weighted by atomic mass is 10.1. The van der Waals surface area contributed by atoms with Crippen LogP contribution in [0.3, 0.4) is 0 Å². The summed E-state index contributed by atoms with van der Waals surface area (Å²) in [6, 6.07) is 9.58. The van der Waals surface area contributed by atoms with E-state index in [1.54, 1.807) is 18.5 Å². The van der Waals surface area contributed by atoms with Crippen LogP contribution < -0.4 is 5.32 Å². The number of aryl methyl sites for hydroxylation is 2. The number of thioether (sulfide) groups is 1. The molecule has 2 heterocycles. The van der Waals surface area contributed by atoms with E-state index in [1.807, 2.05) is 38.1 Å². The molecule has 3 aromatic rings. The predicted molar refractivity (Wildman–Crippen MR) is 92.8 cm³/mol. The van der Waals surface area contributed by atoms with Gasteiger partial charge in [-0.15, -0.1) is 10.2 Å². The number of hydrogen-bond donors (Lipinski definition) is 1. The molecule has 0 atom stereocenters. The minimum Gasteiger partial charge on any atom is -0.411 e. The Bertz CT molecular complexity index is 849. The second-order valence-corrected chi connectivity index (χ2v) is 6.20. The molecule has 1 aromatic carbocycles. The fraction of sp³-hybridized carbons (Fsp3) is 0.176. The molecule has 0 radical (unpaired) electrons. The van der Waals surface area contributed by atoms with Crippen LogP contribution in [0.1, 0.15) is 11.1 Å². The van der Waals surface area contributed by atoms with Gasteiger partial charge in [0.05, 0.1) is 11.3 Å². The Balaban J connectivity index is 1.59. The van der Waals surface area contributed by atoms with Crippen LogP contribution in [-0.2, 0) is 4.79 Å². The molecular weight excluding hydrogens is 324 g/mol. The Kier molecular flexibility index (Phi) is 4.90. The fourth-order valence-corrected chi connectivity index (χ4v) is 2.62. The summed E-state index contributed by atoms with van der Waals surface area (Å²) < 4.78 is 5.53. The van der Waals surface area contributed by atoms with E-state index < -0.39 is 0 Å². The number of amides is 1. The van der Waals surface area contributed by atoms with E-state index >= 15 is 0 Å². The number of anilines is 1. The first-order valence-corrected chi connectivity index (χ1v) is 8.34. The molecular formula is C17H16N4O2S. The summed E-state index contributed by atoms with van der Waals surface area (Å²) in [5.41, 5.74) is 3.69. The zero-order valence-corrected chi connectivity index (χ0v) is 14.1. The van der Waals surface area contributed by atoms with Crippen molar-refractivity contribution in [3.05, 3.63) is 53.9 Å². The second kappa shape index (κ2) is 7.27. The smallest absolute Gasteiger partial charge is 0.277 e. The summed E-state index contributed by atoms with van der Waals surface area (Å²) >= 11 is 1.20. The Morgan fingerprint density at radius 1 is 1.25 bits per heavy atom. The van der Waals surface area contributed by atoms with Gasteiger partial charge in [-0.05, 0) is 43.2 Å². The molecule has 1 amide bonds. The van der Waals surface area contributed by atoms with Gasteiger partial charge < -0.3 is 9.73 Å². The van der Waals surface area contributed by atoms with Crippen LogP contribution in [0.15, 0.2) is 52.4 Å². The van der Waals surface area contributed by atoms with Crippen molar-refractivity contribution in [2.45, 2.75) is 19.1 Å². The summed E-state index contributed by atoms with van der Waals surface area (Å²) in [4.78, 5) is 16.1. The molecule has 0 aliphatic rings. The Morgan fingerprint density at radius 3 is 2.92 bits per heavy atom. The molecule has 0 aliphatic carbocycles. The van der Waals surface area contributed by atoms with Crippen LogP contribution in [0.5, 0.6) is 0 Å². The van der Waals surface area contributed by atoms with Gasteiger partial charge >= 0.3 is 0 Å². The van der Waals surface area contributed by atoms with Crippen molar-refractivity contribution in [2.75, 3.05) is 11.1 Å². The van der Waals surface area contributed by atoms with Crippen LogP contribution in [0, 0.1) is 13.8 Å². The molecule has 0 saturated heterocycles. The lowest BCUT2D eigenvalue weighted by Crippen LogP contribution is -2.14. The van der Waals surface area contributed by atoms with E-state index in [9.17, 15) is 4.79 Å². The summed E-state index contributed by atoms with van der Waals surface area (Å²) in [5, 5.41) is 11.2. The van der Waals surface area contributed by atoms with Crippen molar-refractivity contribution < 1.29 is 9.21 Å². The van der Waals surface area contributed by atoms with Crippen LogP contribution in [0.25, 0.3) is 11.5 Å². The topological polar surface area (TPSA) is 80.9 Å². The Morgan fingerprint density at radius 2 is 2.12 bits per heavy atom. The number of benzene rings is 1. The zero-order valence-electron chi connectivity index (χ0n) is 13.3. The van der Waals surface area contributed by atoms with Crippen LogP contribution in [-0.4, -0.2) is 26.8 Å². The minimum atomic E-state index is -0.116. The molecule has 0 unspecified atom stereocenters. The van der Waals surface area contributed by atoms with E-state index in [-0.39, 0.29) is 11.7 Å². The molecule has 24 heavy (non-hydrogen) atoms. The molecule has 1 N–H and O–H groups in total. The number of pyridine rings is 1. The Labute approximate surface area is 143 Å². The van der Waals surface area contributed by atoms with Crippen molar-refractivity contribution in [3.63, 3.8) is 0 Å². The van der Waals surface area contributed by atoms with Crippen molar-refractivity contribution in [1.29, 1.82) is 0 Å². The van der Waals surface area contributed by atoms with Crippen molar-refractivity contribution >= 4 is 23.4 Å². The van der Waals surface area contributed by atoms with E-state index in [0.717, 1.165) is 22.4 Å². The quantitative estimate of drug-likeness (QED) is 0.716. The molecule has 7 heteroatoms. The van der Waals surface area contributed by atoms with Crippen LogP contribution >= 0.6 is 11.8 Å². The van der Waals surface area contributed by atoms with E-state index in [2.05, 4.69) is 20.5 Å². The number of rotatable bonds is 5. The third-order valence-corrected chi connectivity index (χ3v) is 4.13. The van der Waals surface area contributed by atoms with E-state index in [4.69, 9.17) is 4.42 Å². The first-order valence-electron chi connectivity index (χ1n) is 7.35. The number of hydrogen-bond acceptors (Lipinski definition) is 6. The monoisotopic (exact) mass is 340 g/mol. The molecule has 0 fully saturated rings. The molecule has 2 aromatic heterocycles. The van der Waals surface area contributed by atoms with Crippen molar-refractivity contribution in [2.24, 2.45) is 0 Å². The average Bonchev–Trinajstić information content (AvgIpc) is 3.06. The summed E-state index contributed by atoms with van der Waals surface area (Å²) in [6.07, 6.45) is 3.32. The third kappa shape index (κ3) is 3.99.